The summed E-state index contributed by atoms with van der Waals surface area (Å²) in [5.41, 5.74) is 2.31. The molecule has 0 aromatic heterocycles. The van der Waals surface area contributed by atoms with Crippen LogP contribution in [0.15, 0.2) is 54.1 Å². The van der Waals surface area contributed by atoms with E-state index in [0.717, 1.165) is 24.0 Å². The fraction of sp³-hybridized carbons (Fsp3) is 0.304. The molecule has 1 aliphatic rings. The van der Waals surface area contributed by atoms with Gasteiger partial charge in [0.2, 0.25) is 0 Å². The Bertz CT molecular complexity index is 932. The summed E-state index contributed by atoms with van der Waals surface area (Å²) in [6, 6.07) is 14.0. The van der Waals surface area contributed by atoms with Gasteiger partial charge in [-0.15, -0.1) is 0 Å². The third kappa shape index (κ3) is 3.40. The molecule has 0 saturated carbocycles. The Morgan fingerprint density at radius 3 is 2.46 bits per heavy atom. The minimum Gasteiger partial charge on any atom is -0.507 e. The maximum absolute atomic E-state index is 12.9. The molecule has 3 rings (SSSR count). The van der Waals surface area contributed by atoms with E-state index in [-0.39, 0.29) is 11.3 Å². The number of carbonyl (C=O) groups excluding carboxylic acids is 2. The van der Waals surface area contributed by atoms with Crippen molar-refractivity contribution in [2.24, 2.45) is 0 Å². The van der Waals surface area contributed by atoms with Crippen LogP contribution in [0, 0.1) is 6.92 Å². The number of hydrogen-bond acceptors (Lipinski definition) is 4. The quantitative estimate of drug-likeness (QED) is 0.463. The van der Waals surface area contributed by atoms with Gasteiger partial charge in [-0.3, -0.25) is 9.59 Å². The van der Waals surface area contributed by atoms with Gasteiger partial charge < -0.3 is 14.7 Å². The Morgan fingerprint density at radius 2 is 1.79 bits per heavy atom. The van der Waals surface area contributed by atoms with Gasteiger partial charge in [0.05, 0.1) is 24.3 Å². The number of amides is 1. The lowest BCUT2D eigenvalue weighted by Crippen LogP contribution is -2.30. The molecule has 2 aromatic rings. The maximum Gasteiger partial charge on any atom is 0.295 e. The highest BCUT2D eigenvalue weighted by atomic mass is 16.5. The van der Waals surface area contributed by atoms with Gasteiger partial charge in [0.25, 0.3) is 11.7 Å². The summed E-state index contributed by atoms with van der Waals surface area (Å²) >= 11 is 0. The third-order valence-corrected chi connectivity index (χ3v) is 5.14. The molecule has 146 valence electrons. The molecule has 0 radical (unpaired) electrons. The highest BCUT2D eigenvalue weighted by Crippen LogP contribution is 2.41. The summed E-state index contributed by atoms with van der Waals surface area (Å²) in [7, 11) is 1.50. The zero-order valence-electron chi connectivity index (χ0n) is 16.4. The first-order valence-corrected chi connectivity index (χ1v) is 9.48. The molecular formula is C23H25NO4. The molecule has 0 spiro atoms. The number of ether oxygens (including phenoxy) is 1. The molecule has 1 unspecified atom stereocenters. The monoisotopic (exact) mass is 379 g/mol. The Kier molecular flexibility index (Phi) is 5.83. The van der Waals surface area contributed by atoms with Gasteiger partial charge in [0, 0.05) is 6.54 Å². The fourth-order valence-corrected chi connectivity index (χ4v) is 3.64. The minimum absolute atomic E-state index is 0.111. The van der Waals surface area contributed by atoms with E-state index in [9.17, 15) is 14.7 Å². The van der Waals surface area contributed by atoms with E-state index in [1.54, 1.807) is 29.2 Å². The molecule has 1 fully saturated rings. The van der Waals surface area contributed by atoms with Crippen molar-refractivity contribution in [3.05, 3.63) is 70.8 Å². The van der Waals surface area contributed by atoms with Crippen LogP contribution in [0.3, 0.4) is 0 Å². The summed E-state index contributed by atoms with van der Waals surface area (Å²) in [5, 5.41) is 11.1. The number of benzene rings is 2. The number of methoxy groups -OCH3 is 1. The van der Waals surface area contributed by atoms with Crippen LogP contribution in [0.2, 0.25) is 0 Å². The SMILES string of the molecule is CCCCN1C(=O)C(=O)/C(=C(/O)c2ccccc2OC)C1c1ccccc1C. The first kappa shape index (κ1) is 19.7. The molecule has 0 bridgehead atoms. The average Bonchev–Trinajstić information content (AvgIpc) is 2.96. The maximum atomic E-state index is 12.9. The number of unbranched alkanes of at least 4 members (excludes halogenated alkanes) is 1. The molecule has 5 heteroatoms. The van der Waals surface area contributed by atoms with E-state index >= 15 is 0 Å². The van der Waals surface area contributed by atoms with E-state index in [1.807, 2.05) is 38.1 Å². The molecule has 5 nitrogen and oxygen atoms in total. The Labute approximate surface area is 165 Å². The number of para-hydroxylation sites is 1. The lowest BCUT2D eigenvalue weighted by Gasteiger charge is -2.26. The zero-order chi connectivity index (χ0) is 20.3. The van der Waals surface area contributed by atoms with Crippen LogP contribution in [-0.2, 0) is 9.59 Å². The van der Waals surface area contributed by atoms with Crippen LogP contribution in [0.4, 0.5) is 0 Å². The largest absolute Gasteiger partial charge is 0.507 e. The zero-order valence-corrected chi connectivity index (χ0v) is 16.4. The van der Waals surface area contributed by atoms with Gasteiger partial charge in [-0.2, -0.15) is 0 Å². The van der Waals surface area contributed by atoms with Gasteiger partial charge in [-0.05, 0) is 36.6 Å². The number of rotatable bonds is 6. The molecule has 0 aliphatic carbocycles. The topological polar surface area (TPSA) is 66.8 Å². The smallest absolute Gasteiger partial charge is 0.295 e. The second-order valence-corrected chi connectivity index (χ2v) is 6.90. The molecule has 1 atom stereocenters. The summed E-state index contributed by atoms with van der Waals surface area (Å²) < 4.78 is 5.34. The molecule has 1 heterocycles. The number of aryl methyl sites for hydroxylation is 1. The van der Waals surface area contributed by atoms with E-state index in [2.05, 4.69) is 0 Å². The Balaban J connectivity index is 2.23. The van der Waals surface area contributed by atoms with Crippen molar-refractivity contribution < 1.29 is 19.4 Å². The van der Waals surface area contributed by atoms with E-state index < -0.39 is 17.7 Å². The number of hydrogen-bond donors (Lipinski definition) is 1. The summed E-state index contributed by atoms with van der Waals surface area (Å²) in [4.78, 5) is 27.3. The van der Waals surface area contributed by atoms with Crippen molar-refractivity contribution >= 4 is 17.4 Å². The second kappa shape index (κ2) is 8.30. The number of nitrogens with zero attached hydrogens (tertiary/aromatic N) is 1. The highest BCUT2D eigenvalue weighted by molar-refractivity contribution is 6.46. The van der Waals surface area contributed by atoms with Crippen molar-refractivity contribution in [2.45, 2.75) is 32.7 Å². The van der Waals surface area contributed by atoms with Crippen LogP contribution in [0.1, 0.15) is 42.5 Å². The number of carbonyl (C=O) groups is 2. The average molecular weight is 379 g/mol. The van der Waals surface area contributed by atoms with E-state index in [4.69, 9.17) is 4.74 Å². The van der Waals surface area contributed by atoms with Crippen LogP contribution in [0.25, 0.3) is 5.76 Å². The first-order chi connectivity index (χ1) is 13.5. The van der Waals surface area contributed by atoms with Crippen molar-refractivity contribution in [3.8, 4) is 5.75 Å². The van der Waals surface area contributed by atoms with Gasteiger partial charge >= 0.3 is 0 Å². The summed E-state index contributed by atoms with van der Waals surface area (Å²) in [6.45, 7) is 4.44. The normalized spacial score (nSPS) is 18.5. The Morgan fingerprint density at radius 1 is 1.11 bits per heavy atom. The van der Waals surface area contributed by atoms with Gasteiger partial charge in [-0.1, -0.05) is 49.7 Å². The third-order valence-electron chi connectivity index (χ3n) is 5.14. The van der Waals surface area contributed by atoms with Crippen molar-refractivity contribution in [3.63, 3.8) is 0 Å². The summed E-state index contributed by atoms with van der Waals surface area (Å²) in [5.74, 6) is -0.989. The van der Waals surface area contributed by atoms with Crippen LogP contribution >= 0.6 is 0 Å². The molecular weight excluding hydrogens is 354 g/mol. The second-order valence-electron chi connectivity index (χ2n) is 6.90. The number of aliphatic hydroxyl groups excluding tert-OH is 1. The van der Waals surface area contributed by atoms with E-state index in [0.29, 0.717) is 17.9 Å². The number of Topliss-reactive ketones (excluding diaryl/α,β-unsaturated/α-hetero) is 1. The van der Waals surface area contributed by atoms with Crippen LogP contribution in [-0.4, -0.2) is 35.4 Å². The number of aliphatic hydroxyl groups is 1. The molecule has 1 saturated heterocycles. The fourth-order valence-electron chi connectivity index (χ4n) is 3.64. The molecule has 2 aromatic carbocycles. The molecule has 28 heavy (non-hydrogen) atoms. The van der Waals surface area contributed by atoms with Gasteiger partial charge in [-0.25, -0.2) is 0 Å². The first-order valence-electron chi connectivity index (χ1n) is 9.48. The van der Waals surface area contributed by atoms with E-state index in [1.165, 1.54) is 7.11 Å². The molecule has 1 N–H and O–H groups in total. The molecule has 1 aliphatic heterocycles. The van der Waals surface area contributed by atoms with Gasteiger partial charge in [0.15, 0.2) is 0 Å². The highest BCUT2D eigenvalue weighted by Gasteiger charge is 2.46. The standard InChI is InChI=1S/C23H25NO4/c1-4-5-14-24-20(16-11-7-6-10-15(16)2)19(22(26)23(24)27)21(25)17-12-8-9-13-18(17)28-3/h6-13,20,25H,4-5,14H2,1-3H3/b21-19+. The van der Waals surface area contributed by atoms with Crippen molar-refractivity contribution in [1.82, 2.24) is 4.90 Å². The Hall–Kier alpha value is -3.08. The summed E-state index contributed by atoms with van der Waals surface area (Å²) in [6.07, 6.45) is 1.68. The van der Waals surface area contributed by atoms with Crippen molar-refractivity contribution in [1.29, 1.82) is 0 Å². The van der Waals surface area contributed by atoms with Gasteiger partial charge in [0.1, 0.15) is 11.5 Å². The lowest BCUT2D eigenvalue weighted by molar-refractivity contribution is -0.139. The number of ketones is 1. The van der Waals surface area contributed by atoms with Crippen LogP contribution in [0.5, 0.6) is 5.75 Å². The predicted octanol–water partition coefficient (Wildman–Crippen LogP) is 4.23. The lowest BCUT2D eigenvalue weighted by atomic mass is 9.92. The van der Waals surface area contributed by atoms with Crippen molar-refractivity contribution in [2.75, 3.05) is 13.7 Å². The van der Waals surface area contributed by atoms with Crippen LogP contribution < -0.4 is 4.74 Å². The molecule has 1 amide bonds. The predicted molar refractivity (Wildman–Crippen MR) is 108 cm³/mol. The minimum atomic E-state index is -0.659. The number of likely N-dealkylation sites (tertiary alicyclic amines) is 1.